The molecule has 0 amide bonds. The van der Waals surface area contributed by atoms with Crippen LogP contribution in [0.4, 0.5) is 0 Å². The first-order valence-electron chi connectivity index (χ1n) is 7.24. The van der Waals surface area contributed by atoms with E-state index in [0.29, 0.717) is 16.8 Å². The highest BCUT2D eigenvalue weighted by atomic mass is 79.9. The first kappa shape index (κ1) is 22.7. The molecule has 0 fully saturated rings. The van der Waals surface area contributed by atoms with Crippen LogP contribution in [0.15, 0.2) is 58.1 Å². The van der Waals surface area contributed by atoms with Gasteiger partial charge in [0, 0.05) is 15.6 Å². The lowest BCUT2D eigenvalue weighted by Crippen LogP contribution is -2.26. The van der Waals surface area contributed by atoms with Crippen LogP contribution in [0.1, 0.15) is 11.1 Å². The van der Waals surface area contributed by atoms with Crippen molar-refractivity contribution >= 4 is 54.6 Å². The number of nitrogens with two attached hydrogens (primary N) is 1. The fourth-order valence-electron chi connectivity index (χ4n) is 2.03. The lowest BCUT2D eigenvalue weighted by atomic mass is 10.0. The molecule has 1 atom stereocenters. The van der Waals surface area contributed by atoms with Gasteiger partial charge in [-0.05, 0) is 36.5 Å². The standard InChI is InChI=1S/C14H14BrN3O7P2S/c15-11-5-1-3-9(7-11)13(17-18-14(16)28)10-4-2-6-12(8-10)24-27(22,23)25-26(19,20)21/h1-8H,(H,22,23)(H3,16,18,28)(H2,19,20,21). The van der Waals surface area contributed by atoms with Crippen LogP contribution in [-0.4, -0.2) is 25.5 Å². The Morgan fingerprint density at radius 1 is 1.11 bits per heavy atom. The van der Waals surface area contributed by atoms with Crippen molar-refractivity contribution in [2.24, 2.45) is 10.8 Å². The molecule has 0 spiro atoms. The lowest BCUT2D eigenvalue weighted by molar-refractivity contribution is 0.229. The molecule has 2 aromatic rings. The third kappa shape index (κ3) is 7.42. The molecule has 0 heterocycles. The summed E-state index contributed by atoms with van der Waals surface area (Å²) in [6.45, 7) is 0. The van der Waals surface area contributed by atoms with Crippen LogP contribution in [0, 0.1) is 0 Å². The van der Waals surface area contributed by atoms with Gasteiger partial charge in [-0.15, -0.1) is 0 Å². The molecule has 0 saturated heterocycles. The number of nitrogens with one attached hydrogen (secondary N) is 1. The van der Waals surface area contributed by atoms with Crippen LogP contribution in [0.3, 0.4) is 0 Å². The maximum atomic E-state index is 11.7. The van der Waals surface area contributed by atoms with E-state index in [1.807, 2.05) is 6.07 Å². The Bertz CT molecular complexity index is 1010. The second kappa shape index (κ2) is 9.25. The van der Waals surface area contributed by atoms with Gasteiger partial charge in [0.1, 0.15) is 5.75 Å². The Kier molecular flexibility index (Phi) is 7.49. The molecule has 1 unspecified atom stereocenters. The number of hydrogen-bond donors (Lipinski definition) is 5. The van der Waals surface area contributed by atoms with Crippen molar-refractivity contribution in [3.63, 3.8) is 0 Å². The van der Waals surface area contributed by atoms with Crippen molar-refractivity contribution in [1.82, 2.24) is 5.43 Å². The van der Waals surface area contributed by atoms with E-state index in [2.05, 4.69) is 30.8 Å². The van der Waals surface area contributed by atoms with Crippen LogP contribution < -0.4 is 15.7 Å². The third-order valence-electron chi connectivity index (χ3n) is 2.91. The Labute approximate surface area is 173 Å². The van der Waals surface area contributed by atoms with Gasteiger partial charge in [0.2, 0.25) is 0 Å². The highest BCUT2D eigenvalue weighted by Crippen LogP contribution is 2.57. The fourth-order valence-corrected chi connectivity index (χ4v) is 4.06. The minimum absolute atomic E-state index is 0.0743. The summed E-state index contributed by atoms with van der Waals surface area (Å²) in [5.74, 6) is -0.185. The maximum absolute atomic E-state index is 11.7. The number of thiocarbonyl (C=S) groups is 1. The highest BCUT2D eigenvalue weighted by molar-refractivity contribution is 9.10. The van der Waals surface area contributed by atoms with Crippen LogP contribution in [-0.2, 0) is 13.4 Å². The molecule has 0 aliphatic rings. The van der Waals surface area contributed by atoms with E-state index in [4.69, 9.17) is 32.3 Å². The summed E-state index contributed by atoms with van der Waals surface area (Å²) >= 11 is 8.11. The second-order valence-corrected chi connectivity index (χ2v) is 9.22. The molecule has 6 N–H and O–H groups in total. The van der Waals surface area contributed by atoms with Crippen molar-refractivity contribution in [2.45, 2.75) is 0 Å². The van der Waals surface area contributed by atoms with Crippen molar-refractivity contribution in [3.05, 3.63) is 64.1 Å². The molecule has 10 nitrogen and oxygen atoms in total. The van der Waals surface area contributed by atoms with Crippen LogP contribution in [0.2, 0.25) is 0 Å². The maximum Gasteiger partial charge on any atom is 0.536 e. The normalized spacial score (nSPS) is 14.2. The quantitative estimate of drug-likeness (QED) is 0.162. The van der Waals surface area contributed by atoms with E-state index >= 15 is 0 Å². The van der Waals surface area contributed by atoms with Crippen molar-refractivity contribution in [1.29, 1.82) is 0 Å². The molecule has 0 aliphatic heterocycles. The Morgan fingerprint density at radius 2 is 1.71 bits per heavy atom. The zero-order valence-electron chi connectivity index (χ0n) is 13.8. The monoisotopic (exact) mass is 509 g/mol. The molecule has 2 rings (SSSR count). The van der Waals surface area contributed by atoms with Crippen LogP contribution >= 0.6 is 43.8 Å². The fraction of sp³-hybridized carbons (Fsp3) is 0. The third-order valence-corrected chi connectivity index (χ3v) is 5.62. The minimum Gasteiger partial charge on any atom is -0.404 e. The van der Waals surface area contributed by atoms with Crippen LogP contribution in [0.25, 0.3) is 0 Å². The van der Waals surface area contributed by atoms with Gasteiger partial charge in [0.25, 0.3) is 0 Å². The number of phosphoric acid groups is 2. The average molecular weight is 510 g/mol. The van der Waals surface area contributed by atoms with Gasteiger partial charge in [-0.3, -0.25) is 10.3 Å². The van der Waals surface area contributed by atoms with E-state index in [-0.39, 0.29) is 10.9 Å². The lowest BCUT2D eigenvalue weighted by Gasteiger charge is -2.14. The van der Waals surface area contributed by atoms with Gasteiger partial charge in [-0.2, -0.15) is 9.41 Å². The number of benzene rings is 2. The Balaban J connectivity index is 2.41. The van der Waals surface area contributed by atoms with E-state index in [1.54, 1.807) is 24.3 Å². The number of rotatable bonds is 7. The number of hydrogen-bond acceptors (Lipinski definition) is 6. The Morgan fingerprint density at radius 3 is 2.29 bits per heavy atom. The zero-order chi connectivity index (χ0) is 20.9. The topological polar surface area (TPSA) is 164 Å². The number of halogens is 1. The molecule has 0 aliphatic carbocycles. The molecular weight excluding hydrogens is 496 g/mol. The van der Waals surface area contributed by atoms with E-state index in [1.165, 1.54) is 18.2 Å². The highest BCUT2D eigenvalue weighted by Gasteiger charge is 2.33. The summed E-state index contributed by atoms with van der Waals surface area (Å²) in [6.07, 6.45) is 0. The average Bonchev–Trinajstić information content (AvgIpc) is 2.52. The minimum atomic E-state index is -5.24. The summed E-state index contributed by atoms with van der Waals surface area (Å²) in [5.41, 5.74) is 9.33. The Hall–Kier alpha value is -1.62. The largest absolute Gasteiger partial charge is 0.536 e. The van der Waals surface area contributed by atoms with E-state index in [0.717, 1.165) is 4.47 Å². The van der Waals surface area contributed by atoms with E-state index in [9.17, 15) is 14.0 Å². The first-order chi connectivity index (χ1) is 13.0. The zero-order valence-corrected chi connectivity index (χ0v) is 18.0. The molecule has 0 saturated carbocycles. The molecule has 0 aromatic heterocycles. The SMILES string of the molecule is NC(=S)NN=C(c1cccc(Br)c1)c1cccc(OP(=O)(O)OP(=O)(O)O)c1. The molecule has 150 valence electrons. The van der Waals surface area contributed by atoms with Crippen LogP contribution in [0.5, 0.6) is 5.75 Å². The van der Waals surface area contributed by atoms with Gasteiger partial charge in [0.05, 0.1) is 5.71 Å². The van der Waals surface area contributed by atoms with Crippen molar-refractivity contribution in [2.75, 3.05) is 0 Å². The number of hydrazone groups is 1. The molecule has 0 bridgehead atoms. The number of nitrogens with zero attached hydrogens (tertiary/aromatic N) is 1. The predicted molar refractivity (Wildman–Crippen MR) is 110 cm³/mol. The number of phosphoric ester groups is 1. The van der Waals surface area contributed by atoms with E-state index < -0.39 is 15.6 Å². The van der Waals surface area contributed by atoms with Gasteiger partial charge in [0.15, 0.2) is 5.11 Å². The van der Waals surface area contributed by atoms with Gasteiger partial charge in [-0.25, -0.2) is 9.13 Å². The second-order valence-electron chi connectivity index (χ2n) is 5.11. The summed E-state index contributed by atoms with van der Waals surface area (Å²) in [4.78, 5) is 26.9. The van der Waals surface area contributed by atoms with Gasteiger partial charge < -0.3 is 20.0 Å². The first-order valence-corrected chi connectivity index (χ1v) is 11.5. The molecule has 2 aromatic carbocycles. The van der Waals surface area contributed by atoms with Crippen molar-refractivity contribution < 1.29 is 32.6 Å². The van der Waals surface area contributed by atoms with Crippen molar-refractivity contribution in [3.8, 4) is 5.75 Å². The summed E-state index contributed by atoms with van der Waals surface area (Å²) in [7, 11) is -10.3. The van der Waals surface area contributed by atoms with Gasteiger partial charge >= 0.3 is 15.6 Å². The summed E-state index contributed by atoms with van der Waals surface area (Å²) < 4.78 is 31.8. The summed E-state index contributed by atoms with van der Waals surface area (Å²) in [6, 6.07) is 12.8. The molecule has 28 heavy (non-hydrogen) atoms. The molecule has 14 heteroatoms. The molecule has 0 radical (unpaired) electrons. The smallest absolute Gasteiger partial charge is 0.404 e. The van der Waals surface area contributed by atoms with Gasteiger partial charge in [-0.1, -0.05) is 40.2 Å². The molecular formula is C14H14BrN3O7P2S. The predicted octanol–water partition coefficient (Wildman–Crippen LogP) is 2.62. The summed E-state index contributed by atoms with van der Waals surface area (Å²) in [5, 5.41) is 4.06.